The van der Waals surface area contributed by atoms with Crippen LogP contribution in [0.15, 0.2) is 14.7 Å². The molecule has 0 aliphatic heterocycles. The van der Waals surface area contributed by atoms with Crippen LogP contribution in [0.25, 0.3) is 0 Å². The quantitative estimate of drug-likeness (QED) is 0.554. The maximum absolute atomic E-state index is 12.4. The number of hydrogen-bond acceptors (Lipinski definition) is 8. The molecule has 10 nitrogen and oxygen atoms in total. The second-order valence-corrected chi connectivity index (χ2v) is 6.12. The maximum Gasteiger partial charge on any atom is 0.332 e. The third-order valence-electron chi connectivity index (χ3n) is 3.27. The van der Waals surface area contributed by atoms with Gasteiger partial charge >= 0.3 is 5.69 Å². The molecular weight excluding hydrogens is 322 g/mol. The smallest absolute Gasteiger partial charge is 0.332 e. The van der Waals surface area contributed by atoms with Crippen LogP contribution in [0, 0.1) is 0 Å². The van der Waals surface area contributed by atoms with Gasteiger partial charge in [0.05, 0.1) is 11.8 Å². The molecule has 0 saturated carbocycles. The van der Waals surface area contributed by atoms with Gasteiger partial charge in [0, 0.05) is 14.1 Å². The van der Waals surface area contributed by atoms with Crippen molar-refractivity contribution in [2.24, 2.45) is 14.1 Å². The number of carbonyl (C=O) groups is 1. The summed E-state index contributed by atoms with van der Waals surface area (Å²) in [6, 6.07) is 0.0399. The first-order chi connectivity index (χ1) is 10.8. The van der Waals surface area contributed by atoms with Crippen LogP contribution >= 0.6 is 11.8 Å². The standard InChI is InChI=1S/C12H17N7O3S/c1-6(2)19-11(14-15-16-19)23-5-7(20)8-9(13)17(3)12(22)18(4)10(8)21/h6H,5,13H2,1-4H3. The predicted octanol–water partition coefficient (Wildman–Crippen LogP) is -0.791. The average molecular weight is 339 g/mol. The zero-order valence-electron chi connectivity index (χ0n) is 13.2. The fourth-order valence-corrected chi connectivity index (χ4v) is 2.81. The van der Waals surface area contributed by atoms with E-state index in [1.54, 1.807) is 4.68 Å². The Balaban J connectivity index is 2.31. The van der Waals surface area contributed by atoms with Crippen molar-refractivity contribution in [3.8, 4) is 0 Å². The van der Waals surface area contributed by atoms with E-state index in [2.05, 4.69) is 15.5 Å². The summed E-state index contributed by atoms with van der Waals surface area (Å²) in [7, 11) is 2.70. The molecule has 0 amide bonds. The van der Waals surface area contributed by atoms with E-state index >= 15 is 0 Å². The minimum Gasteiger partial charge on any atom is -0.384 e. The monoisotopic (exact) mass is 339 g/mol. The highest BCUT2D eigenvalue weighted by molar-refractivity contribution is 7.99. The van der Waals surface area contributed by atoms with Gasteiger partial charge in [-0.15, -0.1) is 5.10 Å². The molecule has 0 radical (unpaired) electrons. The topological polar surface area (TPSA) is 131 Å². The summed E-state index contributed by atoms with van der Waals surface area (Å²) < 4.78 is 3.49. The van der Waals surface area contributed by atoms with Crippen molar-refractivity contribution >= 4 is 23.4 Å². The lowest BCUT2D eigenvalue weighted by atomic mass is 10.2. The molecular formula is C12H17N7O3S. The number of tetrazole rings is 1. The number of aromatic nitrogens is 6. The van der Waals surface area contributed by atoms with E-state index in [0.717, 1.165) is 20.9 Å². The Labute approximate surface area is 135 Å². The van der Waals surface area contributed by atoms with E-state index in [4.69, 9.17) is 5.73 Å². The highest BCUT2D eigenvalue weighted by atomic mass is 32.2. The fourth-order valence-electron chi connectivity index (χ4n) is 1.93. The van der Waals surface area contributed by atoms with Crippen LogP contribution < -0.4 is 17.0 Å². The molecule has 0 spiro atoms. The van der Waals surface area contributed by atoms with Crippen LogP contribution in [-0.4, -0.2) is 40.9 Å². The van der Waals surface area contributed by atoms with Gasteiger partial charge in [0.1, 0.15) is 11.4 Å². The Morgan fingerprint density at radius 2 is 1.91 bits per heavy atom. The molecule has 0 unspecified atom stereocenters. The van der Waals surface area contributed by atoms with Crippen LogP contribution in [0.1, 0.15) is 30.2 Å². The van der Waals surface area contributed by atoms with Crippen LogP contribution in [0.4, 0.5) is 5.82 Å². The van der Waals surface area contributed by atoms with Gasteiger partial charge in [-0.3, -0.25) is 18.7 Å². The van der Waals surface area contributed by atoms with Crippen LogP contribution in [-0.2, 0) is 14.1 Å². The third-order valence-corrected chi connectivity index (χ3v) is 4.21. The van der Waals surface area contributed by atoms with Crippen molar-refractivity contribution < 1.29 is 4.79 Å². The van der Waals surface area contributed by atoms with E-state index in [1.807, 2.05) is 13.8 Å². The minimum absolute atomic E-state index is 0.0399. The molecule has 11 heteroatoms. The Morgan fingerprint density at radius 3 is 2.52 bits per heavy atom. The molecule has 23 heavy (non-hydrogen) atoms. The highest BCUT2D eigenvalue weighted by Gasteiger charge is 2.21. The molecule has 0 bridgehead atoms. The molecule has 0 aliphatic carbocycles. The fraction of sp³-hybridized carbons (Fsp3) is 0.500. The lowest BCUT2D eigenvalue weighted by Gasteiger charge is -2.11. The van der Waals surface area contributed by atoms with Gasteiger partial charge in [0.25, 0.3) is 5.56 Å². The second-order valence-electron chi connectivity index (χ2n) is 5.18. The van der Waals surface area contributed by atoms with Crippen molar-refractivity contribution in [1.29, 1.82) is 0 Å². The molecule has 2 heterocycles. The Kier molecular flexibility index (Phi) is 4.68. The molecule has 2 aromatic rings. The van der Waals surface area contributed by atoms with Gasteiger partial charge in [-0.25, -0.2) is 9.48 Å². The summed E-state index contributed by atoms with van der Waals surface area (Å²) in [4.78, 5) is 36.3. The summed E-state index contributed by atoms with van der Waals surface area (Å²) in [5, 5.41) is 11.7. The number of anilines is 1. The summed E-state index contributed by atoms with van der Waals surface area (Å²) in [5.74, 6) is -0.695. The molecule has 124 valence electrons. The number of ketones is 1. The minimum atomic E-state index is -0.709. The third kappa shape index (κ3) is 3.04. The first-order valence-electron chi connectivity index (χ1n) is 6.75. The number of carbonyl (C=O) groups excluding carboxylic acids is 1. The molecule has 2 aromatic heterocycles. The zero-order chi connectivity index (χ0) is 17.3. The van der Waals surface area contributed by atoms with Gasteiger partial charge < -0.3 is 5.73 Å². The molecule has 0 fully saturated rings. The van der Waals surface area contributed by atoms with E-state index < -0.39 is 17.0 Å². The van der Waals surface area contributed by atoms with Gasteiger partial charge in [0.2, 0.25) is 5.16 Å². The largest absolute Gasteiger partial charge is 0.384 e. The average Bonchev–Trinajstić information content (AvgIpc) is 2.98. The van der Waals surface area contributed by atoms with Crippen molar-refractivity contribution in [3.63, 3.8) is 0 Å². The number of thioether (sulfide) groups is 1. The number of rotatable bonds is 5. The summed E-state index contributed by atoms with van der Waals surface area (Å²) in [6.07, 6.45) is 0. The summed E-state index contributed by atoms with van der Waals surface area (Å²) in [6.45, 7) is 3.81. The molecule has 0 aromatic carbocycles. The maximum atomic E-state index is 12.4. The van der Waals surface area contributed by atoms with Gasteiger partial charge in [0.15, 0.2) is 5.78 Å². The number of nitrogens with zero attached hydrogens (tertiary/aromatic N) is 6. The lowest BCUT2D eigenvalue weighted by Crippen LogP contribution is -2.41. The molecule has 0 saturated heterocycles. The van der Waals surface area contributed by atoms with Crippen molar-refractivity contribution in [3.05, 3.63) is 26.4 Å². The summed E-state index contributed by atoms with van der Waals surface area (Å²) in [5.41, 5.74) is 4.26. The Morgan fingerprint density at radius 1 is 1.26 bits per heavy atom. The molecule has 0 aliphatic rings. The summed E-state index contributed by atoms with van der Waals surface area (Å²) >= 11 is 1.10. The zero-order valence-corrected chi connectivity index (χ0v) is 14.0. The molecule has 0 atom stereocenters. The Hall–Kier alpha value is -2.43. The van der Waals surface area contributed by atoms with Crippen molar-refractivity contribution in [2.75, 3.05) is 11.5 Å². The molecule has 2 N–H and O–H groups in total. The van der Waals surface area contributed by atoms with E-state index in [-0.39, 0.29) is 23.2 Å². The van der Waals surface area contributed by atoms with Crippen LogP contribution in [0.3, 0.4) is 0 Å². The predicted molar refractivity (Wildman–Crippen MR) is 84.6 cm³/mol. The first kappa shape index (κ1) is 16.9. The van der Waals surface area contributed by atoms with Crippen molar-refractivity contribution in [1.82, 2.24) is 29.3 Å². The van der Waals surface area contributed by atoms with Crippen LogP contribution in [0.2, 0.25) is 0 Å². The van der Waals surface area contributed by atoms with Gasteiger partial charge in [-0.2, -0.15) is 0 Å². The second kappa shape index (κ2) is 6.36. The highest BCUT2D eigenvalue weighted by Crippen LogP contribution is 2.19. The van der Waals surface area contributed by atoms with E-state index in [9.17, 15) is 14.4 Å². The van der Waals surface area contributed by atoms with Gasteiger partial charge in [-0.1, -0.05) is 11.8 Å². The molecule has 2 rings (SSSR count). The number of hydrogen-bond donors (Lipinski definition) is 1. The van der Waals surface area contributed by atoms with Crippen molar-refractivity contribution in [2.45, 2.75) is 25.0 Å². The number of nitrogen functional groups attached to an aromatic ring is 1. The number of nitrogens with two attached hydrogens (primary N) is 1. The number of Topliss-reactive ketones (excluding diaryl/α,β-unsaturated/α-hetero) is 1. The van der Waals surface area contributed by atoms with E-state index in [0.29, 0.717) is 5.16 Å². The first-order valence-corrected chi connectivity index (χ1v) is 7.73. The van der Waals surface area contributed by atoms with E-state index in [1.165, 1.54) is 14.1 Å². The Bertz CT molecular complexity index is 865. The van der Waals surface area contributed by atoms with Gasteiger partial charge in [-0.05, 0) is 24.3 Å². The SMILES string of the molecule is CC(C)n1nnnc1SCC(=O)c1c(N)n(C)c(=O)n(C)c1=O. The normalized spacial score (nSPS) is 11.2. The van der Waals surface area contributed by atoms with Crippen LogP contribution in [0.5, 0.6) is 0 Å². The lowest BCUT2D eigenvalue weighted by molar-refractivity contribution is 0.102.